The molecule has 1 aliphatic rings. The lowest BCUT2D eigenvalue weighted by Gasteiger charge is -2.26. The van der Waals surface area contributed by atoms with Gasteiger partial charge >= 0.3 is 18.1 Å². The summed E-state index contributed by atoms with van der Waals surface area (Å²) >= 11 is 0. The Morgan fingerprint density at radius 2 is 1.49 bits per heavy atom. The molecule has 0 radical (unpaired) electrons. The minimum atomic E-state index is -4.87. The highest BCUT2D eigenvalue weighted by Crippen LogP contribution is 2.44. The van der Waals surface area contributed by atoms with Gasteiger partial charge in [0.2, 0.25) is 6.10 Å². The predicted molar refractivity (Wildman–Crippen MR) is 124 cm³/mol. The molecule has 0 amide bonds. The number of rotatable bonds is 5. The van der Waals surface area contributed by atoms with E-state index in [-0.39, 0.29) is 18.4 Å². The van der Waals surface area contributed by atoms with Crippen molar-refractivity contribution in [3.05, 3.63) is 96.1 Å². The fraction of sp³-hybridized carbons (Fsp3) is 0.214. The van der Waals surface area contributed by atoms with Crippen LogP contribution in [-0.4, -0.2) is 24.2 Å². The van der Waals surface area contributed by atoms with E-state index >= 15 is 0 Å². The molecular weight excluding hydrogens is 457 g/mol. The van der Waals surface area contributed by atoms with E-state index in [0.717, 1.165) is 5.56 Å². The monoisotopic (exact) mass is 478 g/mol. The van der Waals surface area contributed by atoms with Crippen LogP contribution in [-0.2, 0) is 25.5 Å². The Morgan fingerprint density at radius 1 is 0.914 bits per heavy atom. The van der Waals surface area contributed by atoms with E-state index in [1.54, 1.807) is 72.8 Å². The highest BCUT2D eigenvalue weighted by molar-refractivity contribution is 6.02. The Labute approximate surface area is 199 Å². The molecule has 7 heteroatoms. The van der Waals surface area contributed by atoms with Gasteiger partial charge in [0.15, 0.2) is 0 Å². The molecule has 0 aromatic heterocycles. The van der Waals surface area contributed by atoms with E-state index in [9.17, 15) is 22.8 Å². The number of carbonyl (C=O) groups excluding carboxylic acids is 2. The van der Waals surface area contributed by atoms with Crippen molar-refractivity contribution in [2.75, 3.05) is 0 Å². The first kappa shape index (κ1) is 22.9. The average Bonchev–Trinajstić information content (AvgIpc) is 3.21. The maximum atomic E-state index is 14.5. The number of hydrogen-bond donors (Lipinski definition) is 0. The van der Waals surface area contributed by atoms with Crippen LogP contribution in [0.25, 0.3) is 21.5 Å². The van der Waals surface area contributed by atoms with Gasteiger partial charge in [-0.05, 0) is 33.2 Å². The molecule has 5 rings (SSSR count). The minimum Gasteiger partial charge on any atom is -0.461 e. The van der Waals surface area contributed by atoms with Gasteiger partial charge in [-0.25, -0.2) is 0 Å². The van der Waals surface area contributed by atoms with Gasteiger partial charge in [0.1, 0.15) is 12.0 Å². The van der Waals surface area contributed by atoms with Gasteiger partial charge in [0.25, 0.3) is 0 Å². The SMILES string of the molecule is O=C1C[C@@H](C(=O)O[C@@H](c2c3ccccc3cc3ccccc23)C(F)(F)F)[C@@H](Cc2ccccc2)O1. The van der Waals surface area contributed by atoms with Gasteiger partial charge < -0.3 is 9.47 Å². The third kappa shape index (κ3) is 4.58. The van der Waals surface area contributed by atoms with Crippen LogP contribution >= 0.6 is 0 Å². The highest BCUT2D eigenvalue weighted by atomic mass is 19.4. The lowest BCUT2D eigenvalue weighted by atomic mass is 9.92. The number of alkyl halides is 3. The highest BCUT2D eigenvalue weighted by Gasteiger charge is 2.49. The summed E-state index contributed by atoms with van der Waals surface area (Å²) in [4.78, 5) is 25.1. The molecule has 0 N–H and O–H groups in total. The van der Waals surface area contributed by atoms with E-state index in [4.69, 9.17) is 9.47 Å². The fourth-order valence-corrected chi connectivity index (χ4v) is 4.70. The zero-order valence-corrected chi connectivity index (χ0v) is 18.5. The van der Waals surface area contributed by atoms with Crippen LogP contribution in [0, 0.1) is 5.92 Å². The summed E-state index contributed by atoms with van der Waals surface area (Å²) in [6.07, 6.45) is -8.38. The summed E-state index contributed by atoms with van der Waals surface area (Å²) in [5, 5.41) is 1.91. The topological polar surface area (TPSA) is 52.6 Å². The second kappa shape index (κ2) is 9.06. The Bertz CT molecular complexity index is 1340. The zero-order valence-electron chi connectivity index (χ0n) is 18.5. The summed E-state index contributed by atoms with van der Waals surface area (Å²) < 4.78 is 53.9. The van der Waals surface area contributed by atoms with E-state index in [0.29, 0.717) is 21.5 Å². The summed E-state index contributed by atoms with van der Waals surface area (Å²) in [5.74, 6) is -2.86. The number of benzene rings is 4. The summed E-state index contributed by atoms with van der Waals surface area (Å²) in [7, 11) is 0. The average molecular weight is 478 g/mol. The molecule has 4 aromatic rings. The van der Waals surface area contributed by atoms with Crippen molar-refractivity contribution >= 4 is 33.5 Å². The first-order valence-electron chi connectivity index (χ1n) is 11.2. The molecule has 0 aliphatic carbocycles. The first-order valence-corrected chi connectivity index (χ1v) is 11.2. The Morgan fingerprint density at radius 3 is 2.09 bits per heavy atom. The maximum absolute atomic E-state index is 14.5. The van der Waals surface area contributed by atoms with E-state index in [1.165, 1.54) is 0 Å². The van der Waals surface area contributed by atoms with Gasteiger partial charge in [-0.15, -0.1) is 0 Å². The number of fused-ring (bicyclic) bond motifs is 2. The number of halogens is 3. The van der Waals surface area contributed by atoms with Crippen LogP contribution < -0.4 is 0 Å². The van der Waals surface area contributed by atoms with Gasteiger partial charge in [-0.3, -0.25) is 9.59 Å². The van der Waals surface area contributed by atoms with Crippen molar-refractivity contribution in [3.63, 3.8) is 0 Å². The largest absolute Gasteiger partial charge is 0.461 e. The van der Waals surface area contributed by atoms with Crippen LogP contribution in [0.3, 0.4) is 0 Å². The quantitative estimate of drug-likeness (QED) is 0.249. The Balaban J connectivity index is 1.54. The number of ether oxygens (including phenoxy) is 2. The predicted octanol–water partition coefficient (Wildman–Crippen LogP) is 6.31. The summed E-state index contributed by atoms with van der Waals surface area (Å²) in [5.41, 5.74) is 0.682. The smallest absolute Gasteiger partial charge is 0.429 e. The number of esters is 2. The van der Waals surface area contributed by atoms with Gasteiger partial charge in [0.05, 0.1) is 6.42 Å². The van der Waals surface area contributed by atoms with Gasteiger partial charge in [-0.1, -0.05) is 78.9 Å². The lowest BCUT2D eigenvalue weighted by molar-refractivity contribution is -0.226. The van der Waals surface area contributed by atoms with Crippen LogP contribution in [0.15, 0.2) is 84.9 Å². The number of carbonyl (C=O) groups is 2. The standard InChI is InChI=1S/C28H21F3O4/c29-28(30,31)26(25-20-12-6-4-10-18(20)15-19-11-5-7-13-21(19)25)35-27(33)22-16-24(32)34-23(22)14-17-8-2-1-3-9-17/h1-13,15,22-23,26H,14,16H2/t22-,23-,26+/m1/s1. The summed E-state index contributed by atoms with van der Waals surface area (Å²) in [6, 6.07) is 24.2. The van der Waals surface area contributed by atoms with Crippen molar-refractivity contribution in [2.45, 2.75) is 31.2 Å². The first-order chi connectivity index (χ1) is 16.8. The summed E-state index contributed by atoms with van der Waals surface area (Å²) in [6.45, 7) is 0. The fourth-order valence-electron chi connectivity index (χ4n) is 4.70. The normalized spacial score (nSPS) is 19.0. The molecule has 1 aliphatic heterocycles. The van der Waals surface area contributed by atoms with Crippen LogP contribution in [0.5, 0.6) is 0 Å². The minimum absolute atomic E-state index is 0.121. The van der Waals surface area contributed by atoms with Crippen molar-refractivity contribution in [2.24, 2.45) is 5.92 Å². The van der Waals surface area contributed by atoms with Crippen molar-refractivity contribution < 1.29 is 32.2 Å². The maximum Gasteiger partial charge on any atom is 0.429 e. The van der Waals surface area contributed by atoms with Crippen molar-refractivity contribution in [3.8, 4) is 0 Å². The third-order valence-electron chi connectivity index (χ3n) is 6.31. The van der Waals surface area contributed by atoms with E-state index in [2.05, 4.69) is 0 Å². The third-order valence-corrected chi connectivity index (χ3v) is 6.31. The second-order valence-corrected chi connectivity index (χ2v) is 8.62. The van der Waals surface area contributed by atoms with Gasteiger partial charge in [-0.2, -0.15) is 13.2 Å². The lowest BCUT2D eigenvalue weighted by Crippen LogP contribution is -2.33. The second-order valence-electron chi connectivity index (χ2n) is 8.62. The molecule has 1 saturated heterocycles. The Hall–Kier alpha value is -3.87. The van der Waals surface area contributed by atoms with Crippen LogP contribution in [0.2, 0.25) is 0 Å². The molecule has 35 heavy (non-hydrogen) atoms. The molecule has 0 bridgehead atoms. The van der Waals surface area contributed by atoms with Crippen molar-refractivity contribution in [1.82, 2.24) is 0 Å². The molecule has 4 nitrogen and oxygen atoms in total. The molecule has 0 spiro atoms. The molecular formula is C28H21F3O4. The van der Waals surface area contributed by atoms with Crippen LogP contribution in [0.1, 0.15) is 23.7 Å². The molecule has 3 atom stereocenters. The number of cyclic esters (lactones) is 1. The van der Waals surface area contributed by atoms with E-state index in [1.807, 2.05) is 12.1 Å². The molecule has 1 fully saturated rings. The number of hydrogen-bond acceptors (Lipinski definition) is 4. The van der Waals surface area contributed by atoms with Crippen molar-refractivity contribution in [1.29, 1.82) is 0 Å². The molecule has 0 unspecified atom stereocenters. The molecule has 1 heterocycles. The van der Waals surface area contributed by atoms with Crippen LogP contribution in [0.4, 0.5) is 13.2 Å². The zero-order chi connectivity index (χ0) is 24.6. The van der Waals surface area contributed by atoms with Gasteiger partial charge in [0, 0.05) is 12.0 Å². The Kier molecular flexibility index (Phi) is 5.93. The molecule has 0 saturated carbocycles. The molecule has 4 aromatic carbocycles. The van der Waals surface area contributed by atoms with E-state index < -0.39 is 36.2 Å². The molecule has 178 valence electrons.